The van der Waals surface area contributed by atoms with Gasteiger partial charge in [-0.05, 0) is 24.0 Å². The Morgan fingerprint density at radius 1 is 1.36 bits per heavy atom. The second-order valence-corrected chi connectivity index (χ2v) is 4.74. The second kappa shape index (κ2) is 2.28. The number of hydrogen-bond acceptors (Lipinski definition) is 1. The molecule has 0 aromatic heterocycles. The van der Waals surface area contributed by atoms with E-state index < -0.39 is 0 Å². The average molecular weight is 185 g/mol. The Hall–Kier alpha value is -1.11. The van der Waals surface area contributed by atoms with E-state index in [1.807, 2.05) is 0 Å². The van der Waals surface area contributed by atoms with Crippen molar-refractivity contribution in [2.45, 2.75) is 37.6 Å². The van der Waals surface area contributed by atoms with Crippen molar-refractivity contribution in [1.82, 2.24) is 0 Å². The Morgan fingerprint density at radius 3 is 2.93 bits per heavy atom. The van der Waals surface area contributed by atoms with Gasteiger partial charge in [0.15, 0.2) is 0 Å². The minimum absolute atomic E-state index is 0.237. The van der Waals surface area contributed by atoms with Gasteiger partial charge in [0.2, 0.25) is 0 Å². The van der Waals surface area contributed by atoms with E-state index in [1.54, 1.807) is 0 Å². The van der Waals surface area contributed by atoms with E-state index >= 15 is 0 Å². The Labute approximate surface area is 84.9 Å². The first-order valence-corrected chi connectivity index (χ1v) is 5.37. The van der Waals surface area contributed by atoms with Crippen molar-refractivity contribution >= 4 is 6.21 Å². The minimum atomic E-state index is 0.237. The van der Waals surface area contributed by atoms with Gasteiger partial charge in [-0.1, -0.05) is 38.1 Å². The van der Waals surface area contributed by atoms with Crippen LogP contribution in [0.3, 0.4) is 0 Å². The quantitative estimate of drug-likeness (QED) is 0.638. The van der Waals surface area contributed by atoms with Crippen molar-refractivity contribution < 1.29 is 0 Å². The third kappa shape index (κ3) is 0.742. The van der Waals surface area contributed by atoms with Gasteiger partial charge >= 0.3 is 0 Å². The summed E-state index contributed by atoms with van der Waals surface area (Å²) < 4.78 is 0. The zero-order valence-corrected chi connectivity index (χ0v) is 8.75. The van der Waals surface area contributed by atoms with Gasteiger partial charge in [-0.25, -0.2) is 0 Å². The molecule has 1 heteroatoms. The fourth-order valence-corrected chi connectivity index (χ4v) is 2.99. The van der Waals surface area contributed by atoms with Crippen LogP contribution in [0.5, 0.6) is 0 Å². The fourth-order valence-electron chi connectivity index (χ4n) is 2.99. The molecule has 1 heterocycles. The molecule has 1 fully saturated rings. The molecule has 14 heavy (non-hydrogen) atoms. The standard InChI is InChI=1S/C13H15N/c1-3-13-9-12(13,2)11-7-5-4-6-10(11)8-14-13/h4-8H,3,9H2,1-2H3/t12?,13-/m0/s1. The summed E-state index contributed by atoms with van der Waals surface area (Å²) in [6.07, 6.45) is 4.45. The molecule has 1 nitrogen and oxygen atoms in total. The Balaban J connectivity index is 2.20. The van der Waals surface area contributed by atoms with Crippen LogP contribution in [0.2, 0.25) is 0 Å². The smallest absolute Gasteiger partial charge is 0.0709 e. The molecule has 3 rings (SSSR count). The van der Waals surface area contributed by atoms with Gasteiger partial charge in [0.25, 0.3) is 0 Å². The van der Waals surface area contributed by atoms with Crippen molar-refractivity contribution in [3.63, 3.8) is 0 Å². The van der Waals surface area contributed by atoms with Gasteiger partial charge in [0, 0.05) is 11.6 Å². The molecule has 2 atom stereocenters. The lowest BCUT2D eigenvalue weighted by Crippen LogP contribution is -2.23. The maximum absolute atomic E-state index is 4.74. The van der Waals surface area contributed by atoms with E-state index in [2.05, 4.69) is 44.3 Å². The third-order valence-electron chi connectivity index (χ3n) is 4.14. The van der Waals surface area contributed by atoms with E-state index in [0.29, 0.717) is 5.41 Å². The van der Waals surface area contributed by atoms with E-state index in [4.69, 9.17) is 4.99 Å². The monoisotopic (exact) mass is 185 g/mol. The lowest BCUT2D eigenvalue weighted by molar-refractivity contribution is 0.544. The summed E-state index contributed by atoms with van der Waals surface area (Å²) in [6, 6.07) is 8.66. The van der Waals surface area contributed by atoms with Crippen molar-refractivity contribution in [2.24, 2.45) is 4.99 Å². The van der Waals surface area contributed by atoms with Crippen LogP contribution in [-0.2, 0) is 5.41 Å². The van der Waals surface area contributed by atoms with Crippen LogP contribution < -0.4 is 0 Å². The first-order valence-electron chi connectivity index (χ1n) is 5.37. The Kier molecular flexibility index (Phi) is 1.34. The summed E-state index contributed by atoms with van der Waals surface area (Å²) in [5.41, 5.74) is 3.38. The van der Waals surface area contributed by atoms with Crippen LogP contribution in [0, 0.1) is 0 Å². The minimum Gasteiger partial charge on any atom is -0.285 e. The molecule has 0 N–H and O–H groups in total. The van der Waals surface area contributed by atoms with Crippen LogP contribution in [0.1, 0.15) is 37.8 Å². The number of nitrogens with zero attached hydrogens (tertiary/aromatic N) is 1. The zero-order chi connectivity index (χ0) is 9.81. The van der Waals surface area contributed by atoms with Gasteiger partial charge in [-0.3, -0.25) is 4.99 Å². The Bertz CT molecular complexity index is 421. The van der Waals surface area contributed by atoms with Gasteiger partial charge in [-0.2, -0.15) is 0 Å². The topological polar surface area (TPSA) is 12.4 Å². The number of hydrogen-bond donors (Lipinski definition) is 0. The third-order valence-corrected chi connectivity index (χ3v) is 4.14. The maximum atomic E-state index is 4.74. The molecule has 0 bridgehead atoms. The molecule has 0 spiro atoms. The highest BCUT2D eigenvalue weighted by Gasteiger charge is 2.65. The highest BCUT2D eigenvalue weighted by atomic mass is 15.0. The summed E-state index contributed by atoms with van der Waals surface area (Å²) in [5, 5.41) is 0. The first-order chi connectivity index (χ1) is 6.72. The van der Waals surface area contributed by atoms with Gasteiger partial charge in [-0.15, -0.1) is 0 Å². The zero-order valence-electron chi connectivity index (χ0n) is 8.75. The van der Waals surface area contributed by atoms with E-state index in [9.17, 15) is 0 Å². The van der Waals surface area contributed by atoms with Gasteiger partial charge in [0.05, 0.1) is 5.54 Å². The van der Waals surface area contributed by atoms with Crippen LogP contribution >= 0.6 is 0 Å². The molecule has 1 aromatic carbocycles. The summed E-state index contributed by atoms with van der Waals surface area (Å²) in [5.74, 6) is 0. The number of fused-ring (bicyclic) bond motifs is 3. The van der Waals surface area contributed by atoms with Gasteiger partial charge < -0.3 is 0 Å². The van der Waals surface area contributed by atoms with E-state index in [0.717, 1.165) is 6.42 Å². The van der Waals surface area contributed by atoms with Gasteiger partial charge in [0.1, 0.15) is 0 Å². The van der Waals surface area contributed by atoms with Crippen LogP contribution in [0.25, 0.3) is 0 Å². The molecule has 1 aliphatic heterocycles. The van der Waals surface area contributed by atoms with E-state index in [1.165, 1.54) is 17.5 Å². The molecule has 72 valence electrons. The maximum Gasteiger partial charge on any atom is 0.0709 e. The normalized spacial score (nSPS) is 37.6. The summed E-state index contributed by atoms with van der Waals surface area (Å²) >= 11 is 0. The molecular weight excluding hydrogens is 170 g/mol. The molecule has 0 amide bonds. The molecule has 0 saturated heterocycles. The molecule has 1 saturated carbocycles. The first kappa shape index (κ1) is 8.22. The van der Waals surface area contributed by atoms with Crippen LogP contribution in [0.4, 0.5) is 0 Å². The summed E-state index contributed by atoms with van der Waals surface area (Å²) in [4.78, 5) is 4.74. The molecular formula is C13H15N. The number of rotatable bonds is 1. The second-order valence-electron chi connectivity index (χ2n) is 4.74. The largest absolute Gasteiger partial charge is 0.285 e. The van der Waals surface area contributed by atoms with E-state index in [-0.39, 0.29) is 5.54 Å². The fraction of sp³-hybridized carbons (Fsp3) is 0.462. The van der Waals surface area contributed by atoms with Crippen molar-refractivity contribution in [2.75, 3.05) is 0 Å². The van der Waals surface area contributed by atoms with Crippen molar-refractivity contribution in [3.8, 4) is 0 Å². The highest BCUT2D eigenvalue weighted by molar-refractivity contribution is 5.86. The lowest BCUT2D eigenvalue weighted by atomic mass is 9.86. The molecule has 1 aromatic rings. The summed E-state index contributed by atoms with van der Waals surface area (Å²) in [7, 11) is 0. The van der Waals surface area contributed by atoms with Crippen molar-refractivity contribution in [1.29, 1.82) is 0 Å². The SMILES string of the molecule is CC[C@]12CC1(C)c1ccccc1C=N2. The molecule has 1 unspecified atom stereocenters. The molecule has 0 radical (unpaired) electrons. The average Bonchev–Trinajstić information content (AvgIpc) is 2.86. The van der Waals surface area contributed by atoms with Crippen LogP contribution in [-0.4, -0.2) is 11.8 Å². The Morgan fingerprint density at radius 2 is 2.14 bits per heavy atom. The van der Waals surface area contributed by atoms with Crippen molar-refractivity contribution in [3.05, 3.63) is 35.4 Å². The number of aliphatic imine (C=N–C) groups is 1. The lowest BCUT2D eigenvalue weighted by Gasteiger charge is -2.24. The summed E-state index contributed by atoms with van der Waals surface area (Å²) in [6.45, 7) is 4.60. The predicted octanol–water partition coefficient (Wildman–Crippen LogP) is 2.93. The molecule has 1 aliphatic carbocycles. The highest BCUT2D eigenvalue weighted by Crippen LogP contribution is 2.63. The number of benzene rings is 1. The van der Waals surface area contributed by atoms with Crippen LogP contribution in [0.15, 0.2) is 29.3 Å². The molecule has 2 aliphatic rings. The predicted molar refractivity (Wildman–Crippen MR) is 59.0 cm³/mol.